The molecule has 1 aliphatic rings. The molecule has 1 saturated heterocycles. The van der Waals surface area contributed by atoms with Crippen LogP contribution in [0.4, 0.5) is 13.2 Å². The molecule has 3 N–H and O–H groups in total. The molecule has 0 saturated carbocycles. The van der Waals surface area contributed by atoms with Gasteiger partial charge in [-0.25, -0.2) is 4.79 Å². The Hall–Kier alpha value is -1.31. The Kier molecular flexibility index (Phi) is 4.68. The van der Waals surface area contributed by atoms with E-state index in [0.29, 0.717) is 0 Å². The lowest BCUT2D eigenvalue weighted by molar-refractivity contribution is -0.217. The van der Waals surface area contributed by atoms with E-state index in [-0.39, 0.29) is 25.8 Å². The summed E-state index contributed by atoms with van der Waals surface area (Å²) in [6.07, 6.45) is -5.06. The maximum atomic E-state index is 13.2. The van der Waals surface area contributed by atoms with Crippen molar-refractivity contribution in [3.63, 3.8) is 0 Å². The summed E-state index contributed by atoms with van der Waals surface area (Å²) in [5, 5.41) is 13.8. The molecular formula is C12H19F3N2O3. The molecule has 1 aliphatic heterocycles. The fourth-order valence-corrected chi connectivity index (χ4v) is 2.38. The van der Waals surface area contributed by atoms with Gasteiger partial charge in [0.25, 0.3) is 0 Å². The number of hydrogen-bond donors (Lipinski definition) is 3. The maximum absolute atomic E-state index is 13.2. The van der Waals surface area contributed by atoms with Crippen molar-refractivity contribution in [1.29, 1.82) is 0 Å². The van der Waals surface area contributed by atoms with Gasteiger partial charge in [-0.2, -0.15) is 13.2 Å². The number of carbonyl (C=O) groups excluding carboxylic acids is 1. The third-order valence-electron chi connectivity index (χ3n) is 4.10. The van der Waals surface area contributed by atoms with Crippen molar-refractivity contribution >= 4 is 11.9 Å². The summed E-state index contributed by atoms with van der Waals surface area (Å²) in [7, 11) is 0. The molecule has 1 heterocycles. The van der Waals surface area contributed by atoms with Crippen LogP contribution in [0.5, 0.6) is 0 Å². The number of hydrogen-bond acceptors (Lipinski definition) is 3. The summed E-state index contributed by atoms with van der Waals surface area (Å²) in [4.78, 5) is 23.4. The lowest BCUT2D eigenvalue weighted by atomic mass is 9.83. The first-order valence-corrected chi connectivity index (χ1v) is 6.48. The van der Waals surface area contributed by atoms with Crippen molar-refractivity contribution in [3.05, 3.63) is 0 Å². The summed E-state index contributed by atoms with van der Waals surface area (Å²) >= 11 is 0. The Balaban J connectivity index is 3.06. The fraction of sp³-hybridized carbons (Fsp3) is 0.833. The first kappa shape index (κ1) is 16.7. The number of carboxylic acids is 1. The average molecular weight is 296 g/mol. The number of halogens is 3. The number of carbonyl (C=O) groups is 2. The van der Waals surface area contributed by atoms with Crippen LogP contribution in [0.1, 0.15) is 33.1 Å². The number of nitrogens with one attached hydrogen (secondary N) is 2. The second kappa shape index (κ2) is 5.59. The van der Waals surface area contributed by atoms with E-state index in [2.05, 4.69) is 10.6 Å². The van der Waals surface area contributed by atoms with E-state index in [0.717, 1.165) is 0 Å². The van der Waals surface area contributed by atoms with E-state index in [4.69, 9.17) is 0 Å². The molecule has 0 aromatic heterocycles. The SMILES string of the molecule is CCC(CC)(NC(=O)C1(C(F)(F)F)CCNC1)C(=O)O. The minimum absolute atomic E-state index is 0.0198. The molecular weight excluding hydrogens is 277 g/mol. The van der Waals surface area contributed by atoms with Crippen molar-refractivity contribution in [2.75, 3.05) is 13.1 Å². The summed E-state index contributed by atoms with van der Waals surface area (Å²) in [6, 6.07) is 0. The predicted octanol–water partition coefficient (Wildman–Crippen LogP) is 1.29. The van der Waals surface area contributed by atoms with Crippen LogP contribution in [-0.2, 0) is 9.59 Å². The Labute approximate surface area is 114 Å². The van der Waals surface area contributed by atoms with Crippen molar-refractivity contribution in [1.82, 2.24) is 10.6 Å². The second-order valence-corrected chi connectivity index (χ2v) is 5.06. The number of rotatable bonds is 5. The molecule has 1 rings (SSSR count). The first-order chi connectivity index (χ1) is 9.15. The number of aliphatic carboxylic acids is 1. The molecule has 0 aliphatic carbocycles. The average Bonchev–Trinajstić information content (AvgIpc) is 2.85. The maximum Gasteiger partial charge on any atom is 0.404 e. The molecule has 0 aromatic carbocycles. The van der Waals surface area contributed by atoms with E-state index >= 15 is 0 Å². The lowest BCUT2D eigenvalue weighted by Gasteiger charge is -2.35. The molecule has 1 amide bonds. The third kappa shape index (κ3) is 2.61. The van der Waals surface area contributed by atoms with Crippen LogP contribution in [0.3, 0.4) is 0 Å². The highest BCUT2D eigenvalue weighted by Crippen LogP contribution is 2.43. The number of carboxylic acid groups (broad SMARTS) is 1. The van der Waals surface area contributed by atoms with Gasteiger partial charge in [-0.15, -0.1) is 0 Å². The highest BCUT2D eigenvalue weighted by atomic mass is 19.4. The molecule has 0 bridgehead atoms. The Morgan fingerprint density at radius 2 is 1.85 bits per heavy atom. The van der Waals surface area contributed by atoms with Crippen molar-refractivity contribution < 1.29 is 27.9 Å². The highest BCUT2D eigenvalue weighted by molar-refractivity contribution is 5.90. The van der Waals surface area contributed by atoms with E-state index < -0.39 is 35.6 Å². The number of alkyl halides is 3. The zero-order valence-corrected chi connectivity index (χ0v) is 11.4. The van der Waals surface area contributed by atoms with Crippen LogP contribution in [0, 0.1) is 5.41 Å². The van der Waals surface area contributed by atoms with Crippen molar-refractivity contribution in [2.45, 2.75) is 44.8 Å². The summed E-state index contributed by atoms with van der Waals surface area (Å²) in [5.74, 6) is -2.58. The van der Waals surface area contributed by atoms with Gasteiger partial charge in [0.15, 0.2) is 5.41 Å². The van der Waals surface area contributed by atoms with Gasteiger partial charge in [0.1, 0.15) is 5.54 Å². The molecule has 1 unspecified atom stereocenters. The van der Waals surface area contributed by atoms with Gasteiger partial charge in [-0.3, -0.25) is 4.79 Å². The first-order valence-electron chi connectivity index (χ1n) is 6.48. The van der Waals surface area contributed by atoms with Crippen LogP contribution in [0.15, 0.2) is 0 Å². The van der Waals surface area contributed by atoms with Gasteiger partial charge >= 0.3 is 12.1 Å². The monoisotopic (exact) mass is 296 g/mol. The van der Waals surface area contributed by atoms with E-state index in [1.54, 1.807) is 0 Å². The van der Waals surface area contributed by atoms with Gasteiger partial charge < -0.3 is 15.7 Å². The molecule has 1 fully saturated rings. The summed E-state index contributed by atoms with van der Waals surface area (Å²) < 4.78 is 39.6. The van der Waals surface area contributed by atoms with Crippen LogP contribution in [-0.4, -0.2) is 41.8 Å². The Bertz CT molecular complexity index is 386. The predicted molar refractivity (Wildman–Crippen MR) is 65.1 cm³/mol. The van der Waals surface area contributed by atoms with Crippen LogP contribution in [0.2, 0.25) is 0 Å². The van der Waals surface area contributed by atoms with Crippen LogP contribution >= 0.6 is 0 Å². The Morgan fingerprint density at radius 1 is 1.30 bits per heavy atom. The van der Waals surface area contributed by atoms with Gasteiger partial charge in [0.05, 0.1) is 0 Å². The zero-order valence-electron chi connectivity index (χ0n) is 11.4. The van der Waals surface area contributed by atoms with E-state index in [9.17, 15) is 27.9 Å². The number of amides is 1. The van der Waals surface area contributed by atoms with Crippen LogP contribution in [0.25, 0.3) is 0 Å². The summed E-state index contributed by atoms with van der Waals surface area (Å²) in [5.41, 5.74) is -4.20. The highest BCUT2D eigenvalue weighted by Gasteiger charge is 2.62. The zero-order chi connectivity index (χ0) is 15.6. The molecule has 20 heavy (non-hydrogen) atoms. The van der Waals surface area contributed by atoms with Gasteiger partial charge in [-0.1, -0.05) is 13.8 Å². The topological polar surface area (TPSA) is 78.4 Å². The molecule has 1 atom stereocenters. The molecule has 0 spiro atoms. The van der Waals surface area contributed by atoms with Gasteiger partial charge in [0.2, 0.25) is 5.91 Å². The molecule has 5 nitrogen and oxygen atoms in total. The Morgan fingerprint density at radius 3 is 2.15 bits per heavy atom. The van der Waals surface area contributed by atoms with E-state index in [1.807, 2.05) is 0 Å². The normalized spacial score (nSPS) is 23.6. The quantitative estimate of drug-likeness (QED) is 0.714. The van der Waals surface area contributed by atoms with Gasteiger partial charge in [0, 0.05) is 6.54 Å². The minimum atomic E-state index is -4.72. The largest absolute Gasteiger partial charge is 0.480 e. The van der Waals surface area contributed by atoms with E-state index in [1.165, 1.54) is 13.8 Å². The third-order valence-corrected chi connectivity index (χ3v) is 4.10. The molecule has 0 radical (unpaired) electrons. The lowest BCUT2D eigenvalue weighted by Crippen LogP contribution is -2.61. The standard InChI is InChI=1S/C12H19F3N2O3/c1-3-11(4-2,9(19)20)17-8(18)10(12(13,14)15)5-6-16-7-10/h16H,3-7H2,1-2H3,(H,17,18)(H,19,20). The smallest absolute Gasteiger partial charge is 0.404 e. The van der Waals surface area contributed by atoms with Crippen molar-refractivity contribution in [3.8, 4) is 0 Å². The van der Waals surface area contributed by atoms with Gasteiger partial charge in [-0.05, 0) is 25.8 Å². The van der Waals surface area contributed by atoms with Crippen LogP contribution < -0.4 is 10.6 Å². The molecule has 8 heteroatoms. The second-order valence-electron chi connectivity index (χ2n) is 5.06. The molecule has 116 valence electrons. The summed E-state index contributed by atoms with van der Waals surface area (Å²) in [6.45, 7) is 2.59. The minimum Gasteiger partial charge on any atom is -0.480 e. The van der Waals surface area contributed by atoms with Crippen molar-refractivity contribution in [2.24, 2.45) is 5.41 Å². The molecule has 0 aromatic rings. The fourth-order valence-electron chi connectivity index (χ4n) is 2.38.